The highest BCUT2D eigenvalue weighted by atomic mass is 35.5. The SMILES string of the molecule is CC(N)C1CCCN(C(=O)c2cccc(F)c2)C1.Cl. The molecule has 0 aromatic heterocycles. The molecule has 5 heteroatoms. The number of nitrogens with zero attached hydrogens (tertiary/aromatic N) is 1. The highest BCUT2D eigenvalue weighted by molar-refractivity contribution is 5.94. The standard InChI is InChI=1S/C14H19FN2O.ClH/c1-10(16)12-5-3-7-17(9-12)14(18)11-4-2-6-13(15)8-11;/h2,4,6,8,10,12H,3,5,7,9,16H2,1H3;1H. The third kappa shape index (κ3) is 3.91. The number of hydrogen-bond donors (Lipinski definition) is 1. The Hall–Kier alpha value is -1.13. The first-order valence-corrected chi connectivity index (χ1v) is 6.38. The normalized spacial score (nSPS) is 20.6. The Bertz CT molecular complexity index is 439. The van der Waals surface area contributed by atoms with Crippen LogP contribution < -0.4 is 5.73 Å². The van der Waals surface area contributed by atoms with E-state index in [-0.39, 0.29) is 30.2 Å². The van der Waals surface area contributed by atoms with E-state index in [1.165, 1.54) is 12.1 Å². The maximum absolute atomic E-state index is 13.1. The average molecular weight is 287 g/mol. The number of amides is 1. The van der Waals surface area contributed by atoms with Crippen molar-refractivity contribution in [2.24, 2.45) is 11.7 Å². The Labute approximate surface area is 119 Å². The number of likely N-dealkylation sites (tertiary alicyclic amines) is 1. The molecule has 1 aliphatic heterocycles. The molecule has 2 atom stereocenters. The van der Waals surface area contributed by atoms with E-state index in [4.69, 9.17) is 5.73 Å². The summed E-state index contributed by atoms with van der Waals surface area (Å²) >= 11 is 0. The second kappa shape index (κ2) is 6.87. The summed E-state index contributed by atoms with van der Waals surface area (Å²) in [6, 6.07) is 5.94. The highest BCUT2D eigenvalue weighted by Gasteiger charge is 2.26. The van der Waals surface area contributed by atoms with Crippen LogP contribution in [0.1, 0.15) is 30.1 Å². The molecule has 1 aromatic rings. The predicted octanol–water partition coefficient (Wildman–Crippen LogP) is 2.45. The molecule has 2 N–H and O–H groups in total. The summed E-state index contributed by atoms with van der Waals surface area (Å²) in [5.41, 5.74) is 6.31. The van der Waals surface area contributed by atoms with Crippen LogP contribution in [-0.4, -0.2) is 29.9 Å². The lowest BCUT2D eigenvalue weighted by molar-refractivity contribution is 0.0660. The molecular formula is C14H20ClFN2O. The van der Waals surface area contributed by atoms with Crippen molar-refractivity contribution < 1.29 is 9.18 Å². The summed E-state index contributed by atoms with van der Waals surface area (Å²) in [6.07, 6.45) is 2.03. The fraction of sp³-hybridized carbons (Fsp3) is 0.500. The lowest BCUT2D eigenvalue weighted by atomic mass is 9.92. The predicted molar refractivity (Wildman–Crippen MR) is 75.9 cm³/mol. The molecule has 2 rings (SSSR count). The van der Waals surface area contributed by atoms with Crippen LogP contribution in [0.4, 0.5) is 4.39 Å². The molecule has 1 saturated heterocycles. The number of benzene rings is 1. The number of halogens is 2. The zero-order chi connectivity index (χ0) is 13.1. The Morgan fingerprint density at radius 2 is 2.26 bits per heavy atom. The van der Waals surface area contributed by atoms with E-state index in [9.17, 15) is 9.18 Å². The molecule has 2 unspecified atom stereocenters. The summed E-state index contributed by atoms with van der Waals surface area (Å²) in [5.74, 6) is -0.127. The van der Waals surface area contributed by atoms with Crippen molar-refractivity contribution in [1.29, 1.82) is 0 Å². The third-order valence-electron chi connectivity index (χ3n) is 3.56. The van der Waals surface area contributed by atoms with Crippen molar-refractivity contribution in [1.82, 2.24) is 4.90 Å². The Balaban J connectivity index is 0.00000180. The molecule has 1 aliphatic rings. The Morgan fingerprint density at radius 1 is 1.53 bits per heavy atom. The number of carbonyl (C=O) groups excluding carboxylic acids is 1. The zero-order valence-electron chi connectivity index (χ0n) is 11.0. The van der Waals surface area contributed by atoms with Crippen molar-refractivity contribution in [2.45, 2.75) is 25.8 Å². The highest BCUT2D eigenvalue weighted by Crippen LogP contribution is 2.20. The monoisotopic (exact) mass is 286 g/mol. The quantitative estimate of drug-likeness (QED) is 0.908. The molecular weight excluding hydrogens is 267 g/mol. The fourth-order valence-electron chi connectivity index (χ4n) is 2.43. The van der Waals surface area contributed by atoms with E-state index in [0.717, 1.165) is 19.4 Å². The van der Waals surface area contributed by atoms with Crippen molar-refractivity contribution >= 4 is 18.3 Å². The summed E-state index contributed by atoms with van der Waals surface area (Å²) in [7, 11) is 0. The molecule has 3 nitrogen and oxygen atoms in total. The van der Waals surface area contributed by atoms with Crippen molar-refractivity contribution in [3.05, 3.63) is 35.6 Å². The number of piperidine rings is 1. The van der Waals surface area contributed by atoms with Crippen molar-refractivity contribution in [3.8, 4) is 0 Å². The van der Waals surface area contributed by atoms with E-state index >= 15 is 0 Å². The third-order valence-corrected chi connectivity index (χ3v) is 3.56. The minimum atomic E-state index is -0.374. The first-order valence-electron chi connectivity index (χ1n) is 6.38. The van der Waals surface area contributed by atoms with Crippen LogP contribution in [-0.2, 0) is 0 Å². The van der Waals surface area contributed by atoms with Crippen LogP contribution in [0.5, 0.6) is 0 Å². The summed E-state index contributed by atoms with van der Waals surface area (Å²) in [5, 5.41) is 0. The molecule has 0 bridgehead atoms. The topological polar surface area (TPSA) is 46.3 Å². The number of carbonyl (C=O) groups is 1. The smallest absolute Gasteiger partial charge is 0.253 e. The molecule has 1 aromatic carbocycles. The van der Waals surface area contributed by atoms with Gasteiger partial charge in [-0.1, -0.05) is 6.07 Å². The zero-order valence-corrected chi connectivity index (χ0v) is 11.8. The van der Waals surface area contributed by atoms with Gasteiger partial charge >= 0.3 is 0 Å². The molecule has 1 heterocycles. The Morgan fingerprint density at radius 3 is 2.89 bits per heavy atom. The van der Waals surface area contributed by atoms with Crippen LogP contribution in [0.15, 0.2) is 24.3 Å². The molecule has 19 heavy (non-hydrogen) atoms. The van der Waals surface area contributed by atoms with Crippen LogP contribution in [0.2, 0.25) is 0 Å². The van der Waals surface area contributed by atoms with Crippen LogP contribution >= 0.6 is 12.4 Å². The molecule has 0 aliphatic carbocycles. The van der Waals surface area contributed by atoms with Gasteiger partial charge in [-0.15, -0.1) is 12.4 Å². The maximum Gasteiger partial charge on any atom is 0.253 e. The van der Waals surface area contributed by atoms with E-state index in [0.29, 0.717) is 18.0 Å². The molecule has 106 valence electrons. The lowest BCUT2D eigenvalue weighted by Gasteiger charge is -2.34. The van der Waals surface area contributed by atoms with Gasteiger partial charge in [-0.25, -0.2) is 4.39 Å². The minimum absolute atomic E-state index is 0. The second-order valence-corrected chi connectivity index (χ2v) is 5.02. The van der Waals surface area contributed by atoms with E-state index in [1.54, 1.807) is 17.0 Å². The second-order valence-electron chi connectivity index (χ2n) is 5.02. The van der Waals surface area contributed by atoms with Gasteiger partial charge in [0.15, 0.2) is 0 Å². The number of hydrogen-bond acceptors (Lipinski definition) is 2. The molecule has 1 fully saturated rings. The van der Waals surface area contributed by atoms with Crippen LogP contribution in [0, 0.1) is 11.7 Å². The fourth-order valence-corrected chi connectivity index (χ4v) is 2.43. The van der Waals surface area contributed by atoms with Gasteiger partial charge in [0.25, 0.3) is 5.91 Å². The van der Waals surface area contributed by atoms with Crippen LogP contribution in [0.25, 0.3) is 0 Å². The Kier molecular flexibility index (Phi) is 5.76. The first-order chi connectivity index (χ1) is 8.58. The molecule has 0 spiro atoms. The minimum Gasteiger partial charge on any atom is -0.338 e. The average Bonchev–Trinajstić information content (AvgIpc) is 2.38. The summed E-state index contributed by atoms with van der Waals surface area (Å²) < 4.78 is 13.1. The van der Waals surface area contributed by atoms with E-state index < -0.39 is 0 Å². The van der Waals surface area contributed by atoms with Gasteiger partial charge in [0.05, 0.1) is 0 Å². The van der Waals surface area contributed by atoms with Crippen molar-refractivity contribution in [3.63, 3.8) is 0 Å². The largest absolute Gasteiger partial charge is 0.338 e. The van der Waals surface area contributed by atoms with Gasteiger partial charge in [0, 0.05) is 24.7 Å². The maximum atomic E-state index is 13.1. The van der Waals surface area contributed by atoms with E-state index in [2.05, 4.69) is 0 Å². The van der Waals surface area contributed by atoms with Gasteiger partial charge < -0.3 is 10.6 Å². The van der Waals surface area contributed by atoms with Gasteiger partial charge in [0.1, 0.15) is 5.82 Å². The first kappa shape index (κ1) is 15.9. The number of rotatable bonds is 2. The van der Waals surface area contributed by atoms with Gasteiger partial charge in [-0.3, -0.25) is 4.79 Å². The van der Waals surface area contributed by atoms with Gasteiger partial charge in [0.2, 0.25) is 0 Å². The summed E-state index contributed by atoms with van der Waals surface area (Å²) in [6.45, 7) is 3.38. The number of nitrogens with two attached hydrogens (primary N) is 1. The van der Waals surface area contributed by atoms with Crippen molar-refractivity contribution in [2.75, 3.05) is 13.1 Å². The summed E-state index contributed by atoms with van der Waals surface area (Å²) in [4.78, 5) is 14.0. The van der Waals surface area contributed by atoms with Gasteiger partial charge in [-0.05, 0) is 43.9 Å². The molecule has 1 amide bonds. The molecule has 0 radical (unpaired) electrons. The van der Waals surface area contributed by atoms with Gasteiger partial charge in [-0.2, -0.15) is 0 Å². The van der Waals surface area contributed by atoms with Crippen LogP contribution in [0.3, 0.4) is 0 Å². The molecule has 0 saturated carbocycles. The lowest BCUT2D eigenvalue weighted by Crippen LogP contribution is -2.45. The van der Waals surface area contributed by atoms with E-state index in [1.807, 2.05) is 6.92 Å².